The standard InChI is InChI=1S/C22H38N6O3S/c1-15(2)19(24)21(30)27-18(6-5-11-23)20(29)26-17-9-7-16(8-10-17)14-31-22(32)28(4)13-12-25-3/h7-10,15,18-19,25H,5-6,11-14,23-24H2,1-4H3,(H,26,29)(H,27,30). The van der Waals surface area contributed by atoms with Crippen LogP contribution in [0.5, 0.6) is 0 Å². The number of likely N-dealkylation sites (N-methyl/N-ethyl adjacent to an activating group) is 2. The highest BCUT2D eigenvalue weighted by Gasteiger charge is 2.25. The third-order valence-electron chi connectivity index (χ3n) is 4.94. The van der Waals surface area contributed by atoms with Crippen LogP contribution in [0.4, 0.5) is 5.69 Å². The molecule has 0 saturated carbocycles. The van der Waals surface area contributed by atoms with Crippen LogP contribution in [-0.2, 0) is 20.9 Å². The molecule has 10 heteroatoms. The Labute approximate surface area is 196 Å². The third kappa shape index (κ3) is 9.90. The van der Waals surface area contributed by atoms with E-state index in [1.807, 2.05) is 45.0 Å². The van der Waals surface area contributed by atoms with Crippen LogP contribution in [0.2, 0.25) is 0 Å². The monoisotopic (exact) mass is 466 g/mol. The molecular formula is C22H38N6O3S. The Morgan fingerprint density at radius 2 is 1.84 bits per heavy atom. The molecule has 1 aromatic carbocycles. The van der Waals surface area contributed by atoms with E-state index in [0.29, 0.717) is 36.9 Å². The van der Waals surface area contributed by atoms with Gasteiger partial charge in [-0.3, -0.25) is 9.59 Å². The summed E-state index contributed by atoms with van der Waals surface area (Å²) in [5.41, 5.74) is 13.0. The molecule has 1 aromatic rings. The highest BCUT2D eigenvalue weighted by molar-refractivity contribution is 7.80. The van der Waals surface area contributed by atoms with E-state index >= 15 is 0 Å². The number of nitrogens with one attached hydrogen (secondary N) is 3. The molecule has 0 aromatic heterocycles. The van der Waals surface area contributed by atoms with Gasteiger partial charge in [0.2, 0.25) is 11.8 Å². The van der Waals surface area contributed by atoms with Gasteiger partial charge < -0.3 is 37.1 Å². The van der Waals surface area contributed by atoms with Gasteiger partial charge in [0, 0.05) is 25.8 Å². The van der Waals surface area contributed by atoms with Crippen LogP contribution < -0.4 is 27.4 Å². The molecule has 9 nitrogen and oxygen atoms in total. The van der Waals surface area contributed by atoms with Gasteiger partial charge >= 0.3 is 0 Å². The van der Waals surface area contributed by atoms with E-state index in [9.17, 15) is 9.59 Å². The van der Waals surface area contributed by atoms with E-state index in [1.54, 1.807) is 12.1 Å². The summed E-state index contributed by atoms with van der Waals surface area (Å²) in [7, 11) is 3.76. The second-order valence-corrected chi connectivity index (χ2v) is 8.38. The molecule has 2 atom stereocenters. The molecule has 0 bridgehead atoms. The number of rotatable bonds is 13. The second-order valence-electron chi connectivity index (χ2n) is 8.03. The SMILES string of the molecule is CNCCN(C)C(=S)OCc1ccc(NC(=O)C(CCCN)NC(=O)C(N)C(C)C)cc1. The van der Waals surface area contributed by atoms with E-state index in [-0.39, 0.29) is 17.7 Å². The summed E-state index contributed by atoms with van der Waals surface area (Å²) in [6.07, 6.45) is 1.04. The number of ether oxygens (including phenoxy) is 1. The maximum absolute atomic E-state index is 12.7. The topological polar surface area (TPSA) is 135 Å². The Bertz CT molecular complexity index is 729. The average Bonchev–Trinajstić information content (AvgIpc) is 2.78. The molecule has 180 valence electrons. The van der Waals surface area contributed by atoms with Crippen LogP contribution in [0.1, 0.15) is 32.3 Å². The number of nitrogens with two attached hydrogens (primary N) is 2. The maximum Gasteiger partial charge on any atom is 0.259 e. The summed E-state index contributed by atoms with van der Waals surface area (Å²) < 4.78 is 5.65. The molecule has 0 fully saturated rings. The van der Waals surface area contributed by atoms with Gasteiger partial charge in [-0.2, -0.15) is 0 Å². The second kappa shape index (κ2) is 14.7. The predicted molar refractivity (Wildman–Crippen MR) is 132 cm³/mol. The van der Waals surface area contributed by atoms with Crippen molar-refractivity contribution in [1.82, 2.24) is 15.5 Å². The number of anilines is 1. The van der Waals surface area contributed by atoms with E-state index in [1.165, 1.54) is 0 Å². The molecule has 0 spiro atoms. The molecule has 0 aliphatic carbocycles. The molecule has 0 radical (unpaired) electrons. The quantitative estimate of drug-likeness (QED) is 0.269. The molecule has 0 saturated heterocycles. The number of carbonyl (C=O) groups excluding carboxylic acids is 2. The van der Waals surface area contributed by atoms with Crippen LogP contribution in [0, 0.1) is 5.92 Å². The summed E-state index contributed by atoms with van der Waals surface area (Å²) in [6, 6.07) is 5.90. The molecule has 2 unspecified atom stereocenters. The summed E-state index contributed by atoms with van der Waals surface area (Å²) in [4.78, 5) is 26.9. The van der Waals surface area contributed by atoms with Crippen LogP contribution >= 0.6 is 12.2 Å². The zero-order valence-corrected chi connectivity index (χ0v) is 20.3. The smallest absolute Gasteiger partial charge is 0.259 e. The minimum absolute atomic E-state index is 0.0287. The molecule has 32 heavy (non-hydrogen) atoms. The van der Waals surface area contributed by atoms with Crippen LogP contribution in [0.25, 0.3) is 0 Å². The fourth-order valence-electron chi connectivity index (χ4n) is 2.70. The van der Waals surface area contributed by atoms with E-state index in [0.717, 1.165) is 18.7 Å². The van der Waals surface area contributed by atoms with Gasteiger partial charge in [-0.1, -0.05) is 26.0 Å². The third-order valence-corrected chi connectivity index (χ3v) is 5.37. The van der Waals surface area contributed by atoms with Crippen molar-refractivity contribution in [2.75, 3.05) is 39.0 Å². The lowest BCUT2D eigenvalue weighted by Crippen LogP contribution is -2.51. The number of hydrogen-bond donors (Lipinski definition) is 5. The highest BCUT2D eigenvalue weighted by Crippen LogP contribution is 2.12. The van der Waals surface area contributed by atoms with Crippen molar-refractivity contribution >= 4 is 34.9 Å². The first-order chi connectivity index (χ1) is 15.2. The van der Waals surface area contributed by atoms with Crippen molar-refractivity contribution in [1.29, 1.82) is 0 Å². The summed E-state index contributed by atoms with van der Waals surface area (Å²) in [6.45, 7) is 6.04. The minimum Gasteiger partial charge on any atom is -0.466 e. The summed E-state index contributed by atoms with van der Waals surface area (Å²) in [5, 5.41) is 9.08. The Hall–Kier alpha value is -2.27. The van der Waals surface area contributed by atoms with Gasteiger partial charge in [0.05, 0.1) is 6.04 Å². The number of benzene rings is 1. The minimum atomic E-state index is -0.704. The van der Waals surface area contributed by atoms with Crippen LogP contribution in [-0.4, -0.2) is 67.7 Å². The lowest BCUT2D eigenvalue weighted by Gasteiger charge is -2.22. The van der Waals surface area contributed by atoms with Crippen molar-refractivity contribution in [2.24, 2.45) is 17.4 Å². The molecule has 0 heterocycles. The fraction of sp³-hybridized carbons (Fsp3) is 0.591. The lowest BCUT2D eigenvalue weighted by molar-refractivity contribution is -0.128. The Morgan fingerprint density at radius 3 is 2.41 bits per heavy atom. The number of amides is 2. The number of carbonyl (C=O) groups is 2. The van der Waals surface area contributed by atoms with Crippen molar-refractivity contribution in [3.8, 4) is 0 Å². The van der Waals surface area contributed by atoms with Crippen molar-refractivity contribution in [3.63, 3.8) is 0 Å². The van der Waals surface area contributed by atoms with Gasteiger partial charge in [-0.15, -0.1) is 0 Å². The lowest BCUT2D eigenvalue weighted by atomic mass is 10.0. The van der Waals surface area contributed by atoms with Crippen LogP contribution in [0.3, 0.4) is 0 Å². The average molecular weight is 467 g/mol. The van der Waals surface area contributed by atoms with Crippen molar-refractivity contribution in [2.45, 2.75) is 45.4 Å². The number of nitrogens with zero attached hydrogens (tertiary/aromatic N) is 1. The summed E-state index contributed by atoms with van der Waals surface area (Å²) in [5.74, 6) is -0.682. The van der Waals surface area contributed by atoms with Gasteiger partial charge in [-0.05, 0) is 62.3 Å². The van der Waals surface area contributed by atoms with Crippen molar-refractivity contribution < 1.29 is 14.3 Å². The predicted octanol–water partition coefficient (Wildman–Crippen LogP) is 0.785. The van der Waals surface area contributed by atoms with Crippen molar-refractivity contribution in [3.05, 3.63) is 29.8 Å². The molecule has 0 aliphatic heterocycles. The number of thiocarbonyl (C=S) groups is 1. The van der Waals surface area contributed by atoms with Gasteiger partial charge in [0.15, 0.2) is 0 Å². The molecule has 7 N–H and O–H groups in total. The fourth-order valence-corrected chi connectivity index (χ4v) is 2.85. The normalized spacial score (nSPS) is 12.7. The van der Waals surface area contributed by atoms with E-state index < -0.39 is 12.1 Å². The zero-order valence-electron chi connectivity index (χ0n) is 19.5. The van der Waals surface area contributed by atoms with Gasteiger partial charge in [-0.25, -0.2) is 0 Å². The first kappa shape index (κ1) is 27.8. The van der Waals surface area contributed by atoms with E-state index in [4.69, 9.17) is 28.4 Å². The molecular weight excluding hydrogens is 428 g/mol. The zero-order chi connectivity index (χ0) is 24.1. The largest absolute Gasteiger partial charge is 0.466 e. The first-order valence-corrected chi connectivity index (χ1v) is 11.3. The molecule has 0 aliphatic rings. The maximum atomic E-state index is 12.7. The van der Waals surface area contributed by atoms with Gasteiger partial charge in [0.25, 0.3) is 5.17 Å². The Morgan fingerprint density at radius 1 is 1.19 bits per heavy atom. The highest BCUT2D eigenvalue weighted by atomic mass is 32.1. The molecule has 1 rings (SSSR count). The Kier molecular flexibility index (Phi) is 12.8. The summed E-state index contributed by atoms with van der Waals surface area (Å²) >= 11 is 5.27. The van der Waals surface area contributed by atoms with Gasteiger partial charge in [0.1, 0.15) is 12.6 Å². The van der Waals surface area contributed by atoms with E-state index in [2.05, 4.69) is 16.0 Å². The Balaban J connectivity index is 2.65. The number of hydrogen-bond acceptors (Lipinski definition) is 7. The van der Waals surface area contributed by atoms with Crippen LogP contribution in [0.15, 0.2) is 24.3 Å². The first-order valence-electron chi connectivity index (χ1n) is 10.9. The molecule has 2 amide bonds.